The van der Waals surface area contributed by atoms with E-state index in [-0.39, 0.29) is 6.04 Å². The molecule has 1 unspecified atom stereocenters. The normalized spacial score (nSPS) is 13.0. The molecule has 0 amide bonds. The molecular weight excluding hydrogens is 246 g/mol. The van der Waals surface area contributed by atoms with Crippen molar-refractivity contribution in [1.82, 2.24) is 4.90 Å². The van der Waals surface area contributed by atoms with Crippen molar-refractivity contribution in [3.63, 3.8) is 0 Å². The van der Waals surface area contributed by atoms with Gasteiger partial charge in [-0.05, 0) is 51.1 Å². The van der Waals surface area contributed by atoms with Gasteiger partial charge in [-0.15, -0.1) is 0 Å². The molecule has 1 rings (SSSR count). The van der Waals surface area contributed by atoms with Crippen molar-refractivity contribution >= 4 is 5.69 Å². The first kappa shape index (κ1) is 17.0. The fourth-order valence-electron chi connectivity index (χ4n) is 2.30. The predicted molar refractivity (Wildman–Crippen MR) is 89.4 cm³/mol. The van der Waals surface area contributed by atoms with Gasteiger partial charge in [-0.3, -0.25) is 0 Å². The van der Waals surface area contributed by atoms with Crippen LogP contribution in [0.3, 0.4) is 0 Å². The third-order valence-corrected chi connectivity index (χ3v) is 3.26. The molecule has 0 fully saturated rings. The second-order valence-corrected chi connectivity index (χ2v) is 6.49. The van der Waals surface area contributed by atoms with Gasteiger partial charge in [0.25, 0.3) is 0 Å². The Balaban J connectivity index is 2.73. The van der Waals surface area contributed by atoms with Gasteiger partial charge in [0, 0.05) is 31.4 Å². The van der Waals surface area contributed by atoms with Crippen molar-refractivity contribution < 1.29 is 0 Å². The molecule has 0 saturated carbocycles. The Morgan fingerprint density at radius 3 is 2.05 bits per heavy atom. The lowest BCUT2D eigenvalue weighted by molar-refractivity contribution is 0.409. The number of rotatable bonds is 8. The van der Waals surface area contributed by atoms with Crippen LogP contribution in [0, 0.1) is 5.92 Å². The Bertz CT molecular complexity index is 368. The molecular formula is C17H31N3. The highest BCUT2D eigenvalue weighted by atomic mass is 15.2. The fraction of sp³-hybridized carbons (Fsp3) is 0.647. The number of nitrogens with zero attached hydrogens (tertiary/aromatic N) is 2. The third kappa shape index (κ3) is 6.40. The molecule has 0 radical (unpaired) electrons. The van der Waals surface area contributed by atoms with E-state index in [2.05, 4.69) is 68.9 Å². The number of hydrogen-bond acceptors (Lipinski definition) is 3. The summed E-state index contributed by atoms with van der Waals surface area (Å²) in [7, 11) is 4.25. The summed E-state index contributed by atoms with van der Waals surface area (Å²) >= 11 is 0. The van der Waals surface area contributed by atoms with Gasteiger partial charge in [0.1, 0.15) is 0 Å². The van der Waals surface area contributed by atoms with E-state index >= 15 is 0 Å². The summed E-state index contributed by atoms with van der Waals surface area (Å²) in [5, 5.41) is 0. The van der Waals surface area contributed by atoms with E-state index in [1.807, 2.05) is 0 Å². The minimum atomic E-state index is 0.223. The van der Waals surface area contributed by atoms with Crippen LogP contribution in [0.1, 0.15) is 26.3 Å². The maximum Gasteiger partial charge on any atom is 0.0366 e. The number of nitrogens with two attached hydrogens (primary N) is 1. The average Bonchev–Trinajstić information content (AvgIpc) is 2.34. The van der Waals surface area contributed by atoms with Gasteiger partial charge in [0.05, 0.1) is 0 Å². The minimum absolute atomic E-state index is 0.223. The van der Waals surface area contributed by atoms with E-state index in [1.165, 1.54) is 11.3 Å². The van der Waals surface area contributed by atoms with E-state index in [9.17, 15) is 0 Å². The van der Waals surface area contributed by atoms with Crippen LogP contribution in [0.25, 0.3) is 0 Å². The molecule has 0 aromatic heterocycles. The number of likely N-dealkylation sites (N-methyl/N-ethyl adjacent to an activating group) is 1. The Morgan fingerprint density at radius 1 is 1.00 bits per heavy atom. The monoisotopic (exact) mass is 277 g/mol. The number of hydrogen-bond donors (Lipinski definition) is 1. The van der Waals surface area contributed by atoms with Crippen LogP contribution >= 0.6 is 0 Å². The lowest BCUT2D eigenvalue weighted by Gasteiger charge is -2.28. The summed E-state index contributed by atoms with van der Waals surface area (Å²) in [4.78, 5) is 4.71. The van der Waals surface area contributed by atoms with Crippen LogP contribution in [0.4, 0.5) is 5.69 Å². The van der Waals surface area contributed by atoms with E-state index in [0.29, 0.717) is 5.92 Å². The molecule has 1 atom stereocenters. The molecule has 20 heavy (non-hydrogen) atoms. The molecule has 0 heterocycles. The Labute approximate surface area is 124 Å². The van der Waals surface area contributed by atoms with E-state index in [4.69, 9.17) is 5.73 Å². The molecule has 3 nitrogen and oxygen atoms in total. The Kier molecular flexibility index (Phi) is 7.03. The average molecular weight is 277 g/mol. The lowest BCUT2D eigenvalue weighted by Crippen LogP contribution is -2.34. The predicted octanol–water partition coefficient (Wildman–Crippen LogP) is 2.60. The third-order valence-electron chi connectivity index (χ3n) is 3.26. The summed E-state index contributed by atoms with van der Waals surface area (Å²) in [5.74, 6) is 0.668. The first-order valence-electron chi connectivity index (χ1n) is 7.62. The molecule has 0 aliphatic heterocycles. The van der Waals surface area contributed by atoms with Crippen LogP contribution in [0.5, 0.6) is 0 Å². The zero-order valence-corrected chi connectivity index (χ0v) is 13.8. The molecule has 3 heteroatoms. The molecule has 0 aliphatic carbocycles. The van der Waals surface area contributed by atoms with Crippen molar-refractivity contribution in [2.75, 3.05) is 38.6 Å². The fourth-order valence-corrected chi connectivity index (χ4v) is 2.30. The first-order chi connectivity index (χ1) is 9.38. The van der Waals surface area contributed by atoms with Crippen molar-refractivity contribution in [1.29, 1.82) is 0 Å². The number of benzene rings is 1. The van der Waals surface area contributed by atoms with Crippen LogP contribution < -0.4 is 10.6 Å². The van der Waals surface area contributed by atoms with Gasteiger partial charge in [-0.1, -0.05) is 26.0 Å². The molecule has 1 aromatic carbocycles. The van der Waals surface area contributed by atoms with Gasteiger partial charge in [-0.2, -0.15) is 0 Å². The van der Waals surface area contributed by atoms with Gasteiger partial charge in [0.15, 0.2) is 0 Å². The van der Waals surface area contributed by atoms with Gasteiger partial charge in [0.2, 0.25) is 0 Å². The highest BCUT2D eigenvalue weighted by Gasteiger charge is 2.09. The minimum Gasteiger partial charge on any atom is -0.370 e. The molecule has 114 valence electrons. The Morgan fingerprint density at radius 2 is 1.60 bits per heavy atom. The van der Waals surface area contributed by atoms with E-state index in [0.717, 1.165) is 26.1 Å². The van der Waals surface area contributed by atoms with Gasteiger partial charge >= 0.3 is 0 Å². The van der Waals surface area contributed by atoms with Gasteiger partial charge < -0.3 is 15.5 Å². The van der Waals surface area contributed by atoms with Crippen molar-refractivity contribution in [2.45, 2.75) is 33.2 Å². The molecule has 0 bridgehead atoms. The van der Waals surface area contributed by atoms with Crippen LogP contribution in [0.15, 0.2) is 24.3 Å². The quantitative estimate of drug-likeness (QED) is 0.793. The van der Waals surface area contributed by atoms with Crippen molar-refractivity contribution in [3.8, 4) is 0 Å². The molecule has 1 aromatic rings. The Hall–Kier alpha value is -1.06. The van der Waals surface area contributed by atoms with Crippen molar-refractivity contribution in [3.05, 3.63) is 29.8 Å². The largest absolute Gasteiger partial charge is 0.370 e. The van der Waals surface area contributed by atoms with E-state index in [1.54, 1.807) is 0 Å². The molecule has 0 spiro atoms. The summed E-state index contributed by atoms with van der Waals surface area (Å²) in [6, 6.07) is 9.11. The highest BCUT2D eigenvalue weighted by molar-refractivity contribution is 5.47. The zero-order chi connectivity index (χ0) is 15.1. The topological polar surface area (TPSA) is 32.5 Å². The first-order valence-corrected chi connectivity index (χ1v) is 7.62. The maximum atomic E-state index is 5.85. The van der Waals surface area contributed by atoms with Crippen LogP contribution in [-0.2, 0) is 6.42 Å². The standard InChI is InChI=1S/C17H31N3/c1-14(2)13-20(11-10-19(4)5)17-8-6-16(7-9-17)12-15(3)18/h6-9,14-15H,10-13,18H2,1-5H3. The second kappa shape index (κ2) is 8.28. The second-order valence-electron chi connectivity index (χ2n) is 6.49. The summed E-state index contributed by atoms with van der Waals surface area (Å²) < 4.78 is 0. The molecule has 0 saturated heterocycles. The highest BCUT2D eigenvalue weighted by Crippen LogP contribution is 2.17. The lowest BCUT2D eigenvalue weighted by atomic mass is 10.1. The van der Waals surface area contributed by atoms with Gasteiger partial charge in [-0.25, -0.2) is 0 Å². The van der Waals surface area contributed by atoms with Crippen molar-refractivity contribution in [2.24, 2.45) is 11.7 Å². The van der Waals surface area contributed by atoms with Crippen LogP contribution in [0.2, 0.25) is 0 Å². The molecule has 0 aliphatic rings. The SMILES string of the molecule is CC(C)CN(CCN(C)C)c1ccc(CC(C)N)cc1. The van der Waals surface area contributed by atoms with Crippen LogP contribution in [-0.4, -0.2) is 44.7 Å². The summed E-state index contributed by atoms with van der Waals surface area (Å²) in [5.41, 5.74) is 8.49. The number of anilines is 1. The smallest absolute Gasteiger partial charge is 0.0366 e. The summed E-state index contributed by atoms with van der Waals surface area (Å²) in [6.45, 7) is 9.84. The zero-order valence-electron chi connectivity index (χ0n) is 13.8. The summed E-state index contributed by atoms with van der Waals surface area (Å²) in [6.07, 6.45) is 0.947. The van der Waals surface area contributed by atoms with E-state index < -0.39 is 0 Å². The molecule has 2 N–H and O–H groups in total. The maximum absolute atomic E-state index is 5.85.